The molecule has 19 heavy (non-hydrogen) atoms. The summed E-state index contributed by atoms with van der Waals surface area (Å²) in [6, 6.07) is 10.1. The van der Waals surface area contributed by atoms with Crippen LogP contribution in [0.25, 0.3) is 0 Å². The van der Waals surface area contributed by atoms with E-state index in [0.717, 1.165) is 11.3 Å². The Morgan fingerprint density at radius 3 is 2.37 bits per heavy atom. The molecular formula is C16H21NOSi. The van der Waals surface area contributed by atoms with Crippen LogP contribution in [0.5, 0.6) is 0 Å². The molecule has 2 nitrogen and oxygen atoms in total. The second-order valence-corrected chi connectivity index (χ2v) is 11.2. The maximum atomic E-state index is 12.1. The van der Waals surface area contributed by atoms with Gasteiger partial charge in [0.15, 0.2) is 0 Å². The molecular weight excluding hydrogens is 250 g/mol. The van der Waals surface area contributed by atoms with Crippen molar-refractivity contribution >= 4 is 14.0 Å². The van der Waals surface area contributed by atoms with Gasteiger partial charge in [0.25, 0.3) is 5.91 Å². The monoisotopic (exact) mass is 271 g/mol. The van der Waals surface area contributed by atoms with Gasteiger partial charge in [-0.05, 0) is 18.1 Å². The second kappa shape index (κ2) is 5.17. The highest BCUT2D eigenvalue weighted by molar-refractivity contribution is 6.81. The topological polar surface area (TPSA) is 20.3 Å². The fourth-order valence-electron chi connectivity index (χ4n) is 2.20. The molecule has 1 aromatic carbocycles. The quantitative estimate of drug-likeness (QED) is 0.767. The molecule has 3 heteroatoms. The van der Waals surface area contributed by atoms with Crippen LogP contribution in [0.4, 0.5) is 0 Å². The van der Waals surface area contributed by atoms with E-state index in [-0.39, 0.29) is 5.91 Å². The highest BCUT2D eigenvalue weighted by Gasteiger charge is 2.26. The van der Waals surface area contributed by atoms with Crippen molar-refractivity contribution in [2.24, 2.45) is 0 Å². The van der Waals surface area contributed by atoms with Gasteiger partial charge < -0.3 is 4.90 Å². The molecule has 0 bridgehead atoms. The van der Waals surface area contributed by atoms with Crippen molar-refractivity contribution in [2.45, 2.75) is 33.1 Å². The Hall–Kier alpha value is -1.61. The average Bonchev–Trinajstić information content (AvgIpc) is 2.56. The van der Waals surface area contributed by atoms with Crippen molar-refractivity contribution in [2.75, 3.05) is 0 Å². The lowest BCUT2D eigenvalue weighted by Gasteiger charge is -2.22. The van der Waals surface area contributed by atoms with Crippen molar-refractivity contribution < 1.29 is 4.79 Å². The standard InChI is InChI=1S/C16H21NOSi/c1-13-10-16(18)17(15(13)12-19(2,3)4)11-14-8-6-5-7-9-14/h5-10,12H,11H2,1-4H3/b15-12+. The molecule has 0 aromatic heterocycles. The summed E-state index contributed by atoms with van der Waals surface area (Å²) < 4.78 is 0. The lowest BCUT2D eigenvalue weighted by Crippen LogP contribution is -2.27. The van der Waals surface area contributed by atoms with E-state index < -0.39 is 8.07 Å². The van der Waals surface area contributed by atoms with Crippen molar-refractivity contribution in [3.05, 3.63) is 58.9 Å². The minimum absolute atomic E-state index is 0.103. The van der Waals surface area contributed by atoms with Crippen LogP contribution in [-0.2, 0) is 11.3 Å². The predicted molar refractivity (Wildman–Crippen MR) is 82.2 cm³/mol. The molecule has 2 rings (SSSR count). The summed E-state index contributed by atoms with van der Waals surface area (Å²) >= 11 is 0. The molecule has 0 radical (unpaired) electrons. The lowest BCUT2D eigenvalue weighted by molar-refractivity contribution is -0.123. The summed E-state index contributed by atoms with van der Waals surface area (Å²) in [6.45, 7) is 9.54. The number of hydrogen-bond acceptors (Lipinski definition) is 1. The number of allylic oxidation sites excluding steroid dienone is 1. The maximum Gasteiger partial charge on any atom is 0.251 e. The van der Waals surface area contributed by atoms with Gasteiger partial charge in [-0.2, -0.15) is 0 Å². The van der Waals surface area contributed by atoms with Gasteiger partial charge in [-0.1, -0.05) is 55.7 Å². The molecule has 0 saturated heterocycles. The van der Waals surface area contributed by atoms with Gasteiger partial charge in [-0.25, -0.2) is 0 Å². The van der Waals surface area contributed by atoms with Crippen molar-refractivity contribution in [1.82, 2.24) is 4.90 Å². The SMILES string of the molecule is CC1=CC(=O)N(Cc2ccccc2)/C1=C/[Si](C)(C)C. The van der Waals surface area contributed by atoms with E-state index in [1.54, 1.807) is 6.08 Å². The van der Waals surface area contributed by atoms with E-state index in [1.165, 1.54) is 5.56 Å². The summed E-state index contributed by atoms with van der Waals surface area (Å²) in [6.07, 6.45) is 1.74. The summed E-state index contributed by atoms with van der Waals surface area (Å²) in [4.78, 5) is 14.0. The lowest BCUT2D eigenvalue weighted by atomic mass is 10.2. The average molecular weight is 271 g/mol. The van der Waals surface area contributed by atoms with E-state index in [9.17, 15) is 4.79 Å². The normalized spacial score (nSPS) is 18.1. The van der Waals surface area contributed by atoms with E-state index in [4.69, 9.17) is 0 Å². The third-order valence-corrected chi connectivity index (χ3v) is 4.19. The van der Waals surface area contributed by atoms with Gasteiger partial charge in [0.2, 0.25) is 0 Å². The molecule has 0 atom stereocenters. The molecule has 0 fully saturated rings. The summed E-state index contributed by atoms with van der Waals surface area (Å²) in [7, 11) is -1.35. The van der Waals surface area contributed by atoms with E-state index in [1.807, 2.05) is 30.0 Å². The predicted octanol–water partition coefficient (Wildman–Crippen LogP) is 3.74. The van der Waals surface area contributed by atoms with E-state index in [2.05, 4.69) is 37.5 Å². The molecule has 0 spiro atoms. The third-order valence-electron chi connectivity index (χ3n) is 3.05. The largest absolute Gasteiger partial charge is 0.305 e. The fourth-order valence-corrected chi connectivity index (χ4v) is 3.40. The molecule has 1 aliphatic heterocycles. The zero-order valence-corrected chi connectivity index (χ0v) is 13.1. The third kappa shape index (κ3) is 3.44. The molecule has 0 aliphatic carbocycles. The zero-order valence-electron chi connectivity index (χ0n) is 12.1. The number of benzene rings is 1. The van der Waals surface area contributed by atoms with Crippen molar-refractivity contribution in [3.8, 4) is 0 Å². The first-order valence-electron chi connectivity index (χ1n) is 6.64. The van der Waals surface area contributed by atoms with E-state index in [0.29, 0.717) is 6.54 Å². The van der Waals surface area contributed by atoms with Crippen LogP contribution >= 0.6 is 0 Å². The van der Waals surface area contributed by atoms with Crippen LogP contribution in [0.3, 0.4) is 0 Å². The van der Waals surface area contributed by atoms with Crippen LogP contribution < -0.4 is 0 Å². The number of carbonyl (C=O) groups is 1. The molecule has 100 valence electrons. The van der Waals surface area contributed by atoms with Crippen LogP contribution in [0.15, 0.2) is 53.4 Å². The molecule has 0 N–H and O–H groups in total. The first-order valence-corrected chi connectivity index (χ1v) is 10.2. The molecule has 1 aliphatic rings. The Bertz CT molecular complexity index is 538. The summed E-state index contributed by atoms with van der Waals surface area (Å²) in [5.74, 6) is 0.103. The minimum atomic E-state index is -1.35. The van der Waals surface area contributed by atoms with E-state index >= 15 is 0 Å². The molecule has 1 amide bonds. The number of hydrogen-bond donors (Lipinski definition) is 0. The highest BCUT2D eigenvalue weighted by atomic mass is 28.3. The second-order valence-electron chi connectivity index (χ2n) is 6.13. The molecule has 1 heterocycles. The van der Waals surface area contributed by atoms with Crippen molar-refractivity contribution in [3.63, 3.8) is 0 Å². The van der Waals surface area contributed by atoms with Gasteiger partial charge in [0, 0.05) is 11.8 Å². The smallest absolute Gasteiger partial charge is 0.251 e. The van der Waals surface area contributed by atoms with Gasteiger partial charge in [0.1, 0.15) is 0 Å². The van der Waals surface area contributed by atoms with Crippen LogP contribution in [-0.4, -0.2) is 18.9 Å². The van der Waals surface area contributed by atoms with Crippen LogP contribution in [0.1, 0.15) is 12.5 Å². The number of carbonyl (C=O) groups excluding carboxylic acids is 1. The van der Waals surface area contributed by atoms with Crippen molar-refractivity contribution in [1.29, 1.82) is 0 Å². The first kappa shape index (κ1) is 13.8. The Morgan fingerprint density at radius 2 is 1.79 bits per heavy atom. The molecule has 0 unspecified atom stereocenters. The summed E-state index contributed by atoms with van der Waals surface area (Å²) in [5, 5.41) is 0. The summed E-state index contributed by atoms with van der Waals surface area (Å²) in [5.41, 5.74) is 5.67. The fraction of sp³-hybridized carbons (Fsp3) is 0.312. The first-order chi connectivity index (χ1) is 8.87. The Kier molecular flexibility index (Phi) is 3.76. The Balaban J connectivity index is 2.28. The number of amides is 1. The van der Waals surface area contributed by atoms with Crippen LogP contribution in [0, 0.1) is 0 Å². The zero-order chi connectivity index (χ0) is 14.0. The number of rotatable bonds is 3. The van der Waals surface area contributed by atoms with Gasteiger partial charge in [-0.15, -0.1) is 0 Å². The Morgan fingerprint density at radius 1 is 1.16 bits per heavy atom. The van der Waals surface area contributed by atoms with Gasteiger partial charge >= 0.3 is 0 Å². The maximum absolute atomic E-state index is 12.1. The van der Waals surface area contributed by atoms with Crippen LogP contribution in [0.2, 0.25) is 19.6 Å². The van der Waals surface area contributed by atoms with Gasteiger partial charge in [-0.3, -0.25) is 4.79 Å². The number of nitrogens with zero attached hydrogens (tertiary/aromatic N) is 1. The highest BCUT2D eigenvalue weighted by Crippen LogP contribution is 2.27. The molecule has 0 saturated carbocycles. The molecule has 1 aromatic rings. The van der Waals surface area contributed by atoms with Gasteiger partial charge in [0.05, 0.1) is 14.6 Å². The minimum Gasteiger partial charge on any atom is -0.305 e. The Labute approximate surface area is 116 Å².